The summed E-state index contributed by atoms with van der Waals surface area (Å²) in [6.07, 6.45) is 6.25. The molecule has 2 amide bonds. The summed E-state index contributed by atoms with van der Waals surface area (Å²) in [6.45, 7) is 4.67. The van der Waals surface area contributed by atoms with Crippen LogP contribution in [0.15, 0.2) is 63.6 Å². The number of hydrogen-bond acceptors (Lipinski definition) is 7. The number of likely N-dealkylation sites (tertiary alicyclic amines) is 1. The minimum absolute atomic E-state index is 0.107. The van der Waals surface area contributed by atoms with Gasteiger partial charge in [-0.1, -0.05) is 44.0 Å². The van der Waals surface area contributed by atoms with Gasteiger partial charge in [-0.25, -0.2) is 0 Å². The van der Waals surface area contributed by atoms with Gasteiger partial charge in [0.25, 0.3) is 0 Å². The van der Waals surface area contributed by atoms with E-state index in [1.54, 1.807) is 6.07 Å². The Morgan fingerprint density at radius 2 is 1.88 bits per heavy atom. The number of allylic oxidation sites excluding steroid dienone is 1. The van der Waals surface area contributed by atoms with E-state index < -0.39 is 25.1 Å². The standard InChI is InChI=1S/C32H40BNO7/c1-3-8-21(16-24-12-13-25(19-35)40-24)11-14-28-29-22(20-39-23-9-6-5-7-10-23)17-26-30(27(29)18-33(38)41-28)32(37)34(15-4-2)31(26)36/h5-7,9-10,12-13,16,26-28,30,35,38H,3-4,8,11,14-15,17-20H2,1-2H3/b21-16+/t26-,27+,28-,30-/m1/s1. The first-order chi connectivity index (χ1) is 19.9. The SMILES string of the molecule is CCC/C(=C\c1ccc(CO)o1)CC[C@H]1OB(O)C[C@H]2C1=C(COc1ccccc1)C[C@H]1C(=O)N(CCC)C(=O)[C@H]12. The van der Waals surface area contributed by atoms with Crippen molar-refractivity contribution in [3.8, 4) is 5.75 Å². The third-order valence-corrected chi connectivity index (χ3v) is 8.49. The average molecular weight is 561 g/mol. The number of amides is 2. The van der Waals surface area contributed by atoms with Crippen LogP contribution in [0.4, 0.5) is 0 Å². The fourth-order valence-corrected chi connectivity index (χ4v) is 6.76. The number of nitrogens with zero attached hydrogens (tertiary/aromatic N) is 1. The number of rotatable bonds is 12. The Bertz CT molecular complexity index is 1290. The molecule has 4 atom stereocenters. The number of aliphatic hydroxyl groups is 1. The lowest BCUT2D eigenvalue weighted by Crippen LogP contribution is -2.46. The molecule has 2 aliphatic heterocycles. The van der Waals surface area contributed by atoms with E-state index in [2.05, 4.69) is 6.92 Å². The molecular formula is C32H40BNO7. The van der Waals surface area contributed by atoms with Crippen LogP contribution < -0.4 is 4.74 Å². The molecule has 0 radical (unpaired) electrons. The first-order valence-electron chi connectivity index (χ1n) is 14.9. The van der Waals surface area contributed by atoms with E-state index in [0.29, 0.717) is 50.4 Å². The molecule has 8 nitrogen and oxygen atoms in total. The van der Waals surface area contributed by atoms with Crippen molar-refractivity contribution in [2.24, 2.45) is 17.8 Å². The van der Waals surface area contributed by atoms with Crippen LogP contribution in [0.5, 0.6) is 5.75 Å². The Labute approximate surface area is 242 Å². The van der Waals surface area contributed by atoms with Crippen LogP contribution in [0.3, 0.4) is 0 Å². The zero-order valence-corrected chi connectivity index (χ0v) is 24.0. The van der Waals surface area contributed by atoms with Crippen molar-refractivity contribution in [1.82, 2.24) is 4.90 Å². The number of carbonyl (C=O) groups is 2. The summed E-state index contributed by atoms with van der Waals surface area (Å²) >= 11 is 0. The topological polar surface area (TPSA) is 109 Å². The zero-order chi connectivity index (χ0) is 28.9. The van der Waals surface area contributed by atoms with Crippen LogP contribution in [0.2, 0.25) is 6.32 Å². The maximum absolute atomic E-state index is 13.6. The number of para-hydroxylation sites is 1. The highest BCUT2D eigenvalue weighted by Crippen LogP contribution is 2.50. The molecule has 9 heteroatoms. The number of ether oxygens (including phenoxy) is 1. The number of carbonyl (C=O) groups excluding carboxylic acids is 2. The van der Waals surface area contributed by atoms with Crippen molar-refractivity contribution >= 4 is 25.0 Å². The predicted molar refractivity (Wildman–Crippen MR) is 155 cm³/mol. The van der Waals surface area contributed by atoms with E-state index in [-0.39, 0.29) is 30.7 Å². The summed E-state index contributed by atoms with van der Waals surface area (Å²) < 4.78 is 18.0. The molecule has 0 spiro atoms. The number of benzene rings is 1. The van der Waals surface area contributed by atoms with Gasteiger partial charge in [0.15, 0.2) is 0 Å². The van der Waals surface area contributed by atoms with E-state index in [9.17, 15) is 19.7 Å². The molecule has 0 bridgehead atoms. The molecule has 3 aliphatic rings. The quantitative estimate of drug-likeness (QED) is 0.213. The van der Waals surface area contributed by atoms with E-state index >= 15 is 0 Å². The highest BCUT2D eigenvalue weighted by molar-refractivity contribution is 6.43. The number of furan rings is 1. The van der Waals surface area contributed by atoms with Gasteiger partial charge in [0.05, 0.1) is 17.9 Å². The van der Waals surface area contributed by atoms with Crippen molar-refractivity contribution in [3.05, 3.63) is 70.7 Å². The minimum Gasteiger partial charge on any atom is -0.489 e. The van der Waals surface area contributed by atoms with Gasteiger partial charge in [-0.3, -0.25) is 14.5 Å². The van der Waals surface area contributed by atoms with Crippen LogP contribution in [0.25, 0.3) is 6.08 Å². The van der Waals surface area contributed by atoms with Gasteiger partial charge in [0.2, 0.25) is 11.8 Å². The van der Waals surface area contributed by atoms with Crippen LogP contribution in [-0.4, -0.2) is 53.2 Å². The highest BCUT2D eigenvalue weighted by Gasteiger charge is 2.57. The smallest absolute Gasteiger partial charge is 0.455 e. The molecule has 3 heterocycles. The van der Waals surface area contributed by atoms with Gasteiger partial charge in [0, 0.05) is 6.54 Å². The van der Waals surface area contributed by atoms with Crippen molar-refractivity contribution in [1.29, 1.82) is 0 Å². The van der Waals surface area contributed by atoms with Crippen molar-refractivity contribution in [3.63, 3.8) is 0 Å². The lowest BCUT2D eigenvalue weighted by Gasteiger charge is -2.43. The molecule has 218 valence electrons. The Morgan fingerprint density at radius 3 is 2.59 bits per heavy atom. The molecule has 1 aliphatic carbocycles. The van der Waals surface area contributed by atoms with Gasteiger partial charge >= 0.3 is 7.12 Å². The van der Waals surface area contributed by atoms with Gasteiger partial charge in [-0.15, -0.1) is 0 Å². The van der Waals surface area contributed by atoms with Gasteiger partial charge in [-0.2, -0.15) is 0 Å². The number of aliphatic hydroxyl groups excluding tert-OH is 1. The van der Waals surface area contributed by atoms with Gasteiger partial charge < -0.3 is 23.9 Å². The van der Waals surface area contributed by atoms with Crippen LogP contribution >= 0.6 is 0 Å². The summed E-state index contributed by atoms with van der Waals surface area (Å²) in [7, 11) is -1.01. The summed E-state index contributed by atoms with van der Waals surface area (Å²) in [5, 5.41) is 20.2. The van der Waals surface area contributed by atoms with E-state index in [0.717, 1.165) is 29.7 Å². The van der Waals surface area contributed by atoms with Crippen molar-refractivity contribution in [2.45, 2.75) is 71.4 Å². The molecule has 1 aromatic heterocycles. The molecule has 2 N–H and O–H groups in total. The van der Waals surface area contributed by atoms with E-state index in [4.69, 9.17) is 13.8 Å². The molecule has 2 saturated heterocycles. The van der Waals surface area contributed by atoms with Crippen LogP contribution in [0, 0.1) is 17.8 Å². The van der Waals surface area contributed by atoms with Crippen molar-refractivity contribution < 1.29 is 33.5 Å². The van der Waals surface area contributed by atoms with Gasteiger partial charge in [0.1, 0.15) is 30.5 Å². The largest absolute Gasteiger partial charge is 0.489 e. The molecule has 2 fully saturated rings. The molecule has 5 rings (SSSR count). The minimum atomic E-state index is -1.01. The third-order valence-electron chi connectivity index (χ3n) is 8.49. The van der Waals surface area contributed by atoms with E-state index in [1.165, 1.54) is 10.5 Å². The van der Waals surface area contributed by atoms with Crippen LogP contribution in [-0.2, 0) is 20.9 Å². The molecule has 1 aromatic carbocycles. The Kier molecular flexibility index (Phi) is 9.48. The van der Waals surface area contributed by atoms with Gasteiger partial charge in [-0.05, 0) is 85.8 Å². The average Bonchev–Trinajstić information content (AvgIpc) is 3.53. The Balaban J connectivity index is 1.45. The third kappa shape index (κ3) is 6.37. The maximum atomic E-state index is 13.6. The normalized spacial score (nSPS) is 24.6. The fourth-order valence-electron chi connectivity index (χ4n) is 6.76. The number of imide groups is 1. The predicted octanol–water partition coefficient (Wildman–Crippen LogP) is 5.02. The molecular weight excluding hydrogens is 521 g/mol. The summed E-state index contributed by atoms with van der Waals surface area (Å²) in [4.78, 5) is 28.4. The lowest BCUT2D eigenvalue weighted by molar-refractivity contribution is -0.140. The summed E-state index contributed by atoms with van der Waals surface area (Å²) in [6, 6.07) is 13.2. The zero-order valence-electron chi connectivity index (χ0n) is 24.0. The second-order valence-electron chi connectivity index (χ2n) is 11.3. The number of hydrogen-bond donors (Lipinski definition) is 2. The first kappa shape index (κ1) is 29.4. The highest BCUT2D eigenvalue weighted by atomic mass is 16.5. The van der Waals surface area contributed by atoms with Crippen molar-refractivity contribution in [2.75, 3.05) is 13.2 Å². The first-order valence-corrected chi connectivity index (χ1v) is 14.9. The van der Waals surface area contributed by atoms with Crippen LogP contribution in [0.1, 0.15) is 63.9 Å². The summed E-state index contributed by atoms with van der Waals surface area (Å²) in [5.41, 5.74) is 3.20. The Morgan fingerprint density at radius 1 is 1.07 bits per heavy atom. The summed E-state index contributed by atoms with van der Waals surface area (Å²) in [5.74, 6) is 0.548. The number of fused-ring (bicyclic) bond motifs is 3. The second-order valence-corrected chi connectivity index (χ2v) is 11.3. The monoisotopic (exact) mass is 561 g/mol. The Hall–Kier alpha value is -3.14. The molecule has 0 unspecified atom stereocenters. The molecule has 2 aromatic rings. The maximum Gasteiger partial charge on any atom is 0.455 e. The molecule has 41 heavy (non-hydrogen) atoms. The lowest BCUT2D eigenvalue weighted by atomic mass is 9.58. The molecule has 0 saturated carbocycles. The second kappa shape index (κ2) is 13.2. The van der Waals surface area contributed by atoms with E-state index in [1.807, 2.05) is 49.4 Å². The fraction of sp³-hybridized carbons (Fsp3) is 0.500.